The monoisotopic (exact) mass is 440 g/mol. The van der Waals surface area contributed by atoms with Gasteiger partial charge in [0.15, 0.2) is 5.75 Å². The molecule has 6 aromatic rings. The van der Waals surface area contributed by atoms with Gasteiger partial charge in [0.1, 0.15) is 11.2 Å². The van der Waals surface area contributed by atoms with Crippen molar-refractivity contribution < 1.29 is 30.2 Å². The molecule has 0 N–H and O–H groups in total. The third kappa shape index (κ3) is 2.39. The first-order chi connectivity index (χ1) is 14.8. The lowest BCUT2D eigenvalue weighted by atomic mass is 9.91. The van der Waals surface area contributed by atoms with Crippen LogP contribution in [0.4, 0.5) is 13.2 Å². The van der Waals surface area contributed by atoms with Crippen LogP contribution in [0.1, 0.15) is 0 Å². The minimum absolute atomic E-state index is 0.269. The Balaban J connectivity index is 1.85. The minimum Gasteiger partial charge on any atom is -0.456 e. The van der Waals surface area contributed by atoms with Gasteiger partial charge >= 0.3 is 15.6 Å². The van der Waals surface area contributed by atoms with Gasteiger partial charge in [-0.3, -0.25) is 0 Å². The van der Waals surface area contributed by atoms with E-state index in [1.165, 1.54) is 6.07 Å². The van der Waals surface area contributed by atoms with Crippen molar-refractivity contribution in [3.8, 4) is 5.75 Å². The second-order valence-corrected chi connectivity index (χ2v) is 8.82. The average molecular weight is 440 g/mol. The van der Waals surface area contributed by atoms with Crippen LogP contribution in [-0.2, 0) is 10.1 Å². The fraction of sp³-hybridized carbons (Fsp3) is 0.0435. The summed E-state index contributed by atoms with van der Waals surface area (Å²) in [5.74, 6) is -0.372. The summed E-state index contributed by atoms with van der Waals surface area (Å²) in [5, 5.41) is 5.59. The van der Waals surface area contributed by atoms with E-state index in [0.29, 0.717) is 21.9 Å². The molecular weight excluding hydrogens is 429 g/mol. The summed E-state index contributed by atoms with van der Waals surface area (Å²) < 4.78 is 73.2. The van der Waals surface area contributed by atoms with Crippen molar-refractivity contribution in [2.24, 2.45) is 0 Å². The first kappa shape index (κ1) is 18.3. The molecule has 0 spiro atoms. The number of halogens is 3. The Labute approximate surface area is 172 Å². The fourth-order valence-corrected chi connectivity index (χ4v) is 4.85. The molecule has 5 aromatic carbocycles. The molecule has 0 atom stereocenters. The van der Waals surface area contributed by atoms with Crippen molar-refractivity contribution in [3.05, 3.63) is 66.7 Å². The van der Waals surface area contributed by atoms with Gasteiger partial charge in [-0.15, -0.1) is 0 Å². The number of furan rings is 1. The van der Waals surface area contributed by atoms with Gasteiger partial charge in [0.05, 0.1) is 0 Å². The number of alkyl halides is 3. The summed E-state index contributed by atoms with van der Waals surface area (Å²) in [6.45, 7) is 0. The number of hydrogen-bond donors (Lipinski definition) is 0. The highest BCUT2D eigenvalue weighted by molar-refractivity contribution is 7.88. The second kappa shape index (κ2) is 5.79. The third-order valence-corrected chi connectivity index (χ3v) is 6.54. The molecule has 0 radical (unpaired) electrons. The summed E-state index contributed by atoms with van der Waals surface area (Å²) >= 11 is 0. The summed E-state index contributed by atoms with van der Waals surface area (Å²) in [7, 11) is -5.83. The summed E-state index contributed by atoms with van der Waals surface area (Å²) in [4.78, 5) is 0. The molecule has 6 rings (SSSR count). The van der Waals surface area contributed by atoms with Gasteiger partial charge in [-0.05, 0) is 45.1 Å². The first-order valence-corrected chi connectivity index (χ1v) is 10.7. The number of fused-ring (bicyclic) bond motifs is 5. The SMILES string of the molecule is O=S(=O)(Oc1cc2c3cccc4oc5cccc(c2c2ccccc12)c5c43)C(F)(F)F. The Morgan fingerprint density at radius 3 is 1.90 bits per heavy atom. The second-order valence-electron chi connectivity index (χ2n) is 7.29. The lowest BCUT2D eigenvalue weighted by Crippen LogP contribution is -2.28. The van der Waals surface area contributed by atoms with E-state index >= 15 is 0 Å². The Bertz CT molecular complexity index is 1770. The molecule has 1 aromatic heterocycles. The van der Waals surface area contributed by atoms with E-state index < -0.39 is 15.6 Å². The zero-order valence-corrected chi connectivity index (χ0v) is 16.3. The van der Waals surface area contributed by atoms with E-state index in [1.54, 1.807) is 30.3 Å². The van der Waals surface area contributed by atoms with Crippen LogP contribution in [0, 0.1) is 0 Å². The highest BCUT2D eigenvalue weighted by Gasteiger charge is 2.48. The van der Waals surface area contributed by atoms with E-state index in [-0.39, 0.29) is 11.1 Å². The quantitative estimate of drug-likeness (QED) is 0.171. The van der Waals surface area contributed by atoms with Crippen LogP contribution in [0.25, 0.3) is 54.3 Å². The van der Waals surface area contributed by atoms with Crippen LogP contribution >= 0.6 is 0 Å². The molecule has 4 nitrogen and oxygen atoms in total. The molecule has 0 aliphatic rings. The van der Waals surface area contributed by atoms with Crippen molar-refractivity contribution in [1.29, 1.82) is 0 Å². The molecule has 0 unspecified atom stereocenters. The molecule has 0 bridgehead atoms. The predicted octanol–water partition coefficient (Wildman–Crippen LogP) is 6.71. The number of rotatable bonds is 2. The molecule has 0 saturated carbocycles. The van der Waals surface area contributed by atoms with Crippen LogP contribution in [0.15, 0.2) is 71.1 Å². The molecule has 0 aliphatic heterocycles. The van der Waals surface area contributed by atoms with Gasteiger partial charge in [0.25, 0.3) is 0 Å². The lowest BCUT2D eigenvalue weighted by molar-refractivity contribution is -0.0499. The van der Waals surface area contributed by atoms with Gasteiger partial charge in [-0.25, -0.2) is 0 Å². The highest BCUT2D eigenvalue weighted by atomic mass is 32.2. The topological polar surface area (TPSA) is 56.5 Å². The molecule has 0 fully saturated rings. The van der Waals surface area contributed by atoms with E-state index in [2.05, 4.69) is 4.18 Å². The zero-order chi connectivity index (χ0) is 21.5. The van der Waals surface area contributed by atoms with Crippen molar-refractivity contribution in [1.82, 2.24) is 0 Å². The molecule has 0 saturated heterocycles. The van der Waals surface area contributed by atoms with Crippen molar-refractivity contribution in [2.45, 2.75) is 5.51 Å². The standard InChI is InChI=1S/C23H11F3O4S/c24-23(25,26)31(27,28)30-19-11-16-14-7-3-9-17-21(14)22-15(8-4-10-18(22)29-17)20(16)13-6-2-1-5-12(13)19/h1-11H. The summed E-state index contributed by atoms with van der Waals surface area (Å²) in [6, 6.07) is 19.1. The lowest BCUT2D eigenvalue weighted by Gasteiger charge is -2.15. The first-order valence-electron chi connectivity index (χ1n) is 9.28. The fourth-order valence-electron chi connectivity index (χ4n) is 4.38. The Morgan fingerprint density at radius 2 is 1.23 bits per heavy atom. The highest BCUT2D eigenvalue weighted by Crippen LogP contribution is 2.46. The maximum Gasteiger partial charge on any atom is 0.534 e. The van der Waals surface area contributed by atoms with Crippen LogP contribution in [0.2, 0.25) is 0 Å². The molecule has 1 heterocycles. The van der Waals surface area contributed by atoms with E-state index in [9.17, 15) is 21.6 Å². The molecular formula is C23H11F3O4S. The van der Waals surface area contributed by atoms with Gasteiger partial charge in [-0.2, -0.15) is 21.6 Å². The normalized spacial score (nSPS) is 13.3. The van der Waals surface area contributed by atoms with Crippen molar-refractivity contribution in [2.75, 3.05) is 0 Å². The van der Waals surface area contributed by atoms with E-state index in [1.807, 2.05) is 30.3 Å². The number of hydrogen-bond acceptors (Lipinski definition) is 4. The Morgan fingerprint density at radius 1 is 0.677 bits per heavy atom. The smallest absolute Gasteiger partial charge is 0.456 e. The van der Waals surface area contributed by atoms with Gasteiger partial charge in [0.2, 0.25) is 0 Å². The van der Waals surface area contributed by atoms with Gasteiger partial charge in [-0.1, -0.05) is 48.5 Å². The van der Waals surface area contributed by atoms with Gasteiger partial charge in [0, 0.05) is 16.2 Å². The van der Waals surface area contributed by atoms with Crippen LogP contribution in [-0.4, -0.2) is 13.9 Å². The Hall–Kier alpha value is -3.52. The molecule has 0 aliphatic carbocycles. The summed E-state index contributed by atoms with van der Waals surface area (Å²) in [5.41, 5.74) is -4.19. The molecule has 154 valence electrons. The predicted molar refractivity (Wildman–Crippen MR) is 113 cm³/mol. The zero-order valence-electron chi connectivity index (χ0n) is 15.5. The molecule has 8 heteroatoms. The van der Waals surface area contributed by atoms with Crippen molar-refractivity contribution in [3.63, 3.8) is 0 Å². The Kier molecular flexibility index (Phi) is 3.41. The van der Waals surface area contributed by atoms with Crippen LogP contribution < -0.4 is 4.18 Å². The largest absolute Gasteiger partial charge is 0.534 e. The van der Waals surface area contributed by atoms with Gasteiger partial charge < -0.3 is 8.60 Å². The molecule has 0 amide bonds. The van der Waals surface area contributed by atoms with E-state index in [4.69, 9.17) is 4.42 Å². The van der Waals surface area contributed by atoms with E-state index in [0.717, 1.165) is 26.9 Å². The maximum atomic E-state index is 13.0. The molecule has 31 heavy (non-hydrogen) atoms. The number of benzene rings is 5. The average Bonchev–Trinajstić information content (AvgIpc) is 3.11. The van der Waals surface area contributed by atoms with Crippen molar-refractivity contribution >= 4 is 64.4 Å². The maximum absolute atomic E-state index is 13.0. The third-order valence-electron chi connectivity index (χ3n) is 5.57. The van der Waals surface area contributed by atoms with Crippen LogP contribution in [0.5, 0.6) is 5.75 Å². The van der Waals surface area contributed by atoms with Crippen LogP contribution in [0.3, 0.4) is 0 Å². The summed E-state index contributed by atoms with van der Waals surface area (Å²) in [6.07, 6.45) is 0. The minimum atomic E-state index is -5.83.